The number of hydrogen-bond acceptors (Lipinski definition) is 5. The zero-order chi connectivity index (χ0) is 22.8. The maximum atomic E-state index is 13.1. The highest BCUT2D eigenvalue weighted by molar-refractivity contribution is 7.92. The summed E-state index contributed by atoms with van der Waals surface area (Å²) in [5.41, 5.74) is 1.21. The van der Waals surface area contributed by atoms with Crippen LogP contribution < -0.4 is 9.62 Å². The average molecular weight is 486 g/mol. The van der Waals surface area contributed by atoms with Crippen LogP contribution in [-0.2, 0) is 20.0 Å². The number of anilines is 2. The third-order valence-electron chi connectivity index (χ3n) is 5.52. The van der Waals surface area contributed by atoms with E-state index in [9.17, 15) is 16.8 Å². The van der Waals surface area contributed by atoms with Gasteiger partial charge >= 0.3 is 0 Å². The minimum atomic E-state index is -3.94. The Morgan fingerprint density at radius 3 is 2.29 bits per heavy atom. The molecule has 0 amide bonds. The van der Waals surface area contributed by atoms with Crippen molar-refractivity contribution in [1.29, 1.82) is 0 Å². The smallest absolute Gasteiger partial charge is 0.261 e. The predicted molar refractivity (Wildman–Crippen MR) is 125 cm³/mol. The Morgan fingerprint density at radius 1 is 1.03 bits per heavy atom. The van der Waals surface area contributed by atoms with Crippen LogP contribution >= 0.6 is 11.6 Å². The second kappa shape index (κ2) is 9.36. The molecule has 0 saturated carbocycles. The number of halogens is 1. The highest BCUT2D eigenvalue weighted by Gasteiger charge is 2.26. The number of hydrogen-bond donors (Lipinski definition) is 1. The Morgan fingerprint density at radius 2 is 1.68 bits per heavy atom. The van der Waals surface area contributed by atoms with E-state index in [2.05, 4.69) is 16.5 Å². The Balaban J connectivity index is 1.94. The molecule has 1 heterocycles. The molecule has 1 saturated heterocycles. The van der Waals surface area contributed by atoms with E-state index >= 15 is 0 Å². The van der Waals surface area contributed by atoms with Crippen molar-refractivity contribution in [2.45, 2.75) is 48.4 Å². The highest BCUT2D eigenvalue weighted by atomic mass is 35.5. The molecule has 2 aromatic carbocycles. The van der Waals surface area contributed by atoms with Crippen LogP contribution in [0.5, 0.6) is 0 Å². The van der Waals surface area contributed by atoms with Gasteiger partial charge in [0.1, 0.15) is 0 Å². The van der Waals surface area contributed by atoms with Crippen LogP contribution in [0.1, 0.15) is 32.6 Å². The molecule has 1 unspecified atom stereocenters. The minimum absolute atomic E-state index is 0.0261. The van der Waals surface area contributed by atoms with Crippen LogP contribution in [0, 0.1) is 0 Å². The van der Waals surface area contributed by atoms with Crippen molar-refractivity contribution in [3.8, 4) is 0 Å². The van der Waals surface area contributed by atoms with Gasteiger partial charge < -0.3 is 4.90 Å². The molecular weight excluding hydrogens is 458 g/mol. The summed E-state index contributed by atoms with van der Waals surface area (Å²) in [5.74, 6) is 0. The first-order chi connectivity index (χ1) is 14.6. The fourth-order valence-corrected chi connectivity index (χ4v) is 5.93. The predicted octanol–water partition coefficient (Wildman–Crippen LogP) is 4.16. The van der Waals surface area contributed by atoms with E-state index in [1.54, 1.807) is 12.1 Å². The lowest BCUT2D eigenvalue weighted by atomic mass is 9.99. The fraction of sp³-hybridized carbons (Fsp3) is 0.429. The van der Waals surface area contributed by atoms with E-state index < -0.39 is 20.0 Å². The molecule has 3 rings (SSSR count). The molecule has 0 aromatic heterocycles. The summed E-state index contributed by atoms with van der Waals surface area (Å²) in [6.45, 7) is 2.98. The molecule has 31 heavy (non-hydrogen) atoms. The number of benzene rings is 2. The quantitative estimate of drug-likeness (QED) is 0.636. The molecule has 2 aromatic rings. The monoisotopic (exact) mass is 485 g/mol. The molecule has 1 atom stereocenters. The van der Waals surface area contributed by atoms with Crippen molar-refractivity contribution in [1.82, 2.24) is 4.31 Å². The van der Waals surface area contributed by atoms with Crippen LogP contribution in [0.4, 0.5) is 11.4 Å². The third kappa shape index (κ3) is 5.16. The zero-order valence-corrected chi connectivity index (χ0v) is 20.3. The van der Waals surface area contributed by atoms with Crippen LogP contribution in [0.25, 0.3) is 0 Å². The van der Waals surface area contributed by atoms with Gasteiger partial charge in [0, 0.05) is 31.7 Å². The average Bonchev–Trinajstić information content (AvgIpc) is 2.73. The largest absolute Gasteiger partial charge is 0.367 e. The first-order valence-corrected chi connectivity index (χ1v) is 13.5. The Hall–Kier alpha value is -1.81. The van der Waals surface area contributed by atoms with Crippen LogP contribution in [-0.4, -0.2) is 47.8 Å². The molecule has 0 bridgehead atoms. The van der Waals surface area contributed by atoms with E-state index in [4.69, 9.17) is 11.6 Å². The maximum absolute atomic E-state index is 13.1. The fourth-order valence-electron chi connectivity index (χ4n) is 3.79. The van der Waals surface area contributed by atoms with Crippen molar-refractivity contribution in [2.24, 2.45) is 0 Å². The second-order valence-electron chi connectivity index (χ2n) is 7.78. The lowest BCUT2D eigenvalue weighted by Gasteiger charge is -2.38. The second-order valence-corrected chi connectivity index (χ2v) is 12.0. The van der Waals surface area contributed by atoms with Crippen LogP contribution in [0.2, 0.25) is 5.02 Å². The number of nitrogens with zero attached hydrogens (tertiary/aromatic N) is 2. The van der Waals surface area contributed by atoms with E-state index in [0.29, 0.717) is 16.8 Å². The maximum Gasteiger partial charge on any atom is 0.261 e. The third-order valence-corrected chi connectivity index (χ3v) is 8.97. The summed E-state index contributed by atoms with van der Waals surface area (Å²) in [6.07, 6.45) is 4.24. The molecule has 10 heteroatoms. The Labute approximate surface area is 190 Å². The van der Waals surface area contributed by atoms with Gasteiger partial charge in [-0.3, -0.25) is 4.72 Å². The number of sulfonamides is 2. The topological polar surface area (TPSA) is 86.8 Å². The van der Waals surface area contributed by atoms with E-state index in [0.717, 1.165) is 42.2 Å². The van der Waals surface area contributed by atoms with Gasteiger partial charge in [-0.15, -0.1) is 0 Å². The first kappa shape index (κ1) is 23.8. The Kier molecular flexibility index (Phi) is 7.20. The molecule has 7 nitrogen and oxygen atoms in total. The molecule has 1 aliphatic rings. The van der Waals surface area contributed by atoms with Crippen molar-refractivity contribution in [2.75, 3.05) is 30.3 Å². The normalized spacial score (nSPS) is 17.7. The summed E-state index contributed by atoms with van der Waals surface area (Å²) in [6, 6.07) is 10.7. The summed E-state index contributed by atoms with van der Waals surface area (Å²) in [7, 11) is -4.74. The van der Waals surface area contributed by atoms with Gasteiger partial charge in [-0.25, -0.2) is 21.1 Å². The minimum Gasteiger partial charge on any atom is -0.367 e. The summed E-state index contributed by atoms with van der Waals surface area (Å²) < 4.78 is 54.3. The SMILES string of the molecule is CCC1CCCCN1c1ccc(Cl)cc1NS(=O)(=O)c1ccc(S(=O)(=O)N(C)C)cc1. The molecule has 0 aliphatic carbocycles. The zero-order valence-electron chi connectivity index (χ0n) is 17.9. The first-order valence-electron chi connectivity index (χ1n) is 10.2. The van der Waals surface area contributed by atoms with Crippen molar-refractivity contribution < 1.29 is 16.8 Å². The van der Waals surface area contributed by atoms with Gasteiger partial charge in [-0.1, -0.05) is 18.5 Å². The lowest BCUT2D eigenvalue weighted by Crippen LogP contribution is -2.39. The van der Waals surface area contributed by atoms with Gasteiger partial charge in [0.05, 0.1) is 21.2 Å². The summed E-state index contributed by atoms with van der Waals surface area (Å²) in [4.78, 5) is 2.24. The number of piperidine rings is 1. The molecule has 0 radical (unpaired) electrons. The highest BCUT2D eigenvalue weighted by Crippen LogP contribution is 2.35. The standard InChI is InChI=1S/C21H28ClN3O4S2/c1-4-17-7-5-6-14-25(17)21-13-8-16(22)15-20(21)23-30(26,27)18-9-11-19(12-10-18)31(28,29)24(2)3/h8-13,15,17,23H,4-7,14H2,1-3H3. The van der Waals surface area contributed by atoms with Gasteiger partial charge in [0.15, 0.2) is 0 Å². The van der Waals surface area contributed by atoms with Crippen LogP contribution in [0.3, 0.4) is 0 Å². The lowest BCUT2D eigenvalue weighted by molar-refractivity contribution is 0.450. The molecule has 0 spiro atoms. The van der Waals surface area contributed by atoms with Crippen LogP contribution in [0.15, 0.2) is 52.3 Å². The Bertz CT molecular complexity index is 1130. The molecule has 1 fully saturated rings. The number of rotatable bonds is 7. The van der Waals surface area contributed by atoms with Crippen molar-refractivity contribution in [3.05, 3.63) is 47.5 Å². The van der Waals surface area contributed by atoms with E-state index in [1.807, 2.05) is 6.07 Å². The molecule has 1 aliphatic heterocycles. The number of nitrogens with one attached hydrogen (secondary N) is 1. The summed E-state index contributed by atoms with van der Waals surface area (Å²) >= 11 is 6.18. The van der Waals surface area contributed by atoms with E-state index in [1.165, 1.54) is 38.4 Å². The van der Waals surface area contributed by atoms with Gasteiger partial charge in [0.25, 0.3) is 10.0 Å². The van der Waals surface area contributed by atoms with Gasteiger partial charge in [-0.2, -0.15) is 0 Å². The van der Waals surface area contributed by atoms with E-state index in [-0.39, 0.29) is 9.79 Å². The van der Waals surface area contributed by atoms with Crippen molar-refractivity contribution >= 4 is 43.0 Å². The van der Waals surface area contributed by atoms with Gasteiger partial charge in [-0.05, 0) is 68.1 Å². The molecule has 170 valence electrons. The van der Waals surface area contributed by atoms with Gasteiger partial charge in [0.2, 0.25) is 10.0 Å². The molecular formula is C21H28ClN3O4S2. The summed E-state index contributed by atoms with van der Waals surface area (Å²) in [5, 5.41) is 0.430. The molecule has 1 N–H and O–H groups in total. The van der Waals surface area contributed by atoms with Crippen molar-refractivity contribution in [3.63, 3.8) is 0 Å².